The van der Waals surface area contributed by atoms with Gasteiger partial charge in [-0.15, -0.1) is 0 Å². The molecule has 0 aromatic heterocycles. The highest BCUT2D eigenvalue weighted by Gasteiger charge is 2.00. The highest BCUT2D eigenvalue weighted by molar-refractivity contribution is 5.79. The van der Waals surface area contributed by atoms with Gasteiger partial charge in [-0.1, -0.05) is 26.7 Å². The highest BCUT2D eigenvalue weighted by Crippen LogP contribution is 2.07. The fourth-order valence-corrected chi connectivity index (χ4v) is 1.20. The molecule has 0 spiro atoms. The van der Waals surface area contributed by atoms with Gasteiger partial charge in [0, 0.05) is 18.3 Å². The van der Waals surface area contributed by atoms with Gasteiger partial charge in [0.1, 0.15) is 0 Å². The van der Waals surface area contributed by atoms with E-state index in [-0.39, 0.29) is 0 Å². The van der Waals surface area contributed by atoms with E-state index in [4.69, 9.17) is 5.11 Å². The van der Waals surface area contributed by atoms with Gasteiger partial charge in [-0.25, -0.2) is 4.79 Å². The SMILES string of the molecule is CC(C)CCCC(C)N/C=C/C(=O)O. The van der Waals surface area contributed by atoms with Gasteiger partial charge >= 0.3 is 5.97 Å². The maximum absolute atomic E-state index is 10.2. The number of nitrogens with one attached hydrogen (secondary N) is 1. The van der Waals surface area contributed by atoms with Gasteiger partial charge in [0.05, 0.1) is 0 Å². The van der Waals surface area contributed by atoms with Crippen molar-refractivity contribution >= 4 is 5.97 Å². The Morgan fingerprint density at radius 1 is 1.36 bits per heavy atom. The van der Waals surface area contributed by atoms with Gasteiger partial charge in [-0.2, -0.15) is 0 Å². The molecule has 0 saturated carbocycles. The zero-order valence-corrected chi connectivity index (χ0v) is 9.29. The molecule has 1 atom stereocenters. The number of hydrogen-bond donors (Lipinski definition) is 2. The minimum absolute atomic E-state index is 0.351. The van der Waals surface area contributed by atoms with E-state index in [0.29, 0.717) is 6.04 Å². The lowest BCUT2D eigenvalue weighted by Gasteiger charge is -2.12. The maximum Gasteiger partial charge on any atom is 0.329 e. The monoisotopic (exact) mass is 199 g/mol. The van der Waals surface area contributed by atoms with Gasteiger partial charge < -0.3 is 10.4 Å². The van der Waals surface area contributed by atoms with E-state index in [2.05, 4.69) is 26.1 Å². The molecule has 0 radical (unpaired) electrons. The summed E-state index contributed by atoms with van der Waals surface area (Å²) in [6.45, 7) is 6.48. The number of carbonyl (C=O) groups is 1. The third-order valence-electron chi connectivity index (χ3n) is 2.03. The Bertz CT molecular complexity index is 188. The van der Waals surface area contributed by atoms with Crippen LogP contribution in [-0.4, -0.2) is 17.1 Å². The topological polar surface area (TPSA) is 49.3 Å². The molecular weight excluding hydrogens is 178 g/mol. The number of carboxylic acid groups (broad SMARTS) is 1. The lowest BCUT2D eigenvalue weighted by atomic mass is 10.0. The molecule has 0 heterocycles. The van der Waals surface area contributed by atoms with Gasteiger partial charge in [0.2, 0.25) is 0 Å². The van der Waals surface area contributed by atoms with Crippen molar-refractivity contribution < 1.29 is 9.90 Å². The Kier molecular flexibility index (Phi) is 6.89. The van der Waals surface area contributed by atoms with Crippen molar-refractivity contribution in [2.75, 3.05) is 0 Å². The van der Waals surface area contributed by atoms with E-state index < -0.39 is 5.97 Å². The van der Waals surface area contributed by atoms with E-state index in [9.17, 15) is 4.79 Å². The Morgan fingerprint density at radius 2 is 2.00 bits per heavy atom. The first-order valence-corrected chi connectivity index (χ1v) is 5.18. The lowest BCUT2D eigenvalue weighted by molar-refractivity contribution is -0.131. The molecule has 0 aromatic carbocycles. The zero-order valence-electron chi connectivity index (χ0n) is 9.29. The van der Waals surface area contributed by atoms with Crippen LogP contribution in [0.3, 0.4) is 0 Å². The summed E-state index contributed by atoms with van der Waals surface area (Å²) >= 11 is 0. The van der Waals surface area contributed by atoms with Crippen LogP contribution in [0.2, 0.25) is 0 Å². The predicted octanol–water partition coefficient (Wildman–Crippen LogP) is 2.39. The van der Waals surface area contributed by atoms with Gasteiger partial charge in [0.25, 0.3) is 0 Å². The van der Waals surface area contributed by atoms with Crippen LogP contribution in [0, 0.1) is 5.92 Å². The van der Waals surface area contributed by atoms with Crippen molar-refractivity contribution in [3.8, 4) is 0 Å². The Labute approximate surface area is 86.2 Å². The fourth-order valence-electron chi connectivity index (χ4n) is 1.20. The fraction of sp³-hybridized carbons (Fsp3) is 0.727. The Hall–Kier alpha value is -0.990. The molecule has 1 unspecified atom stereocenters. The van der Waals surface area contributed by atoms with Crippen LogP contribution in [0.5, 0.6) is 0 Å². The van der Waals surface area contributed by atoms with Crippen LogP contribution in [0.4, 0.5) is 0 Å². The summed E-state index contributed by atoms with van der Waals surface area (Å²) in [4.78, 5) is 10.2. The normalized spacial score (nSPS) is 13.4. The molecule has 0 amide bonds. The van der Waals surface area contributed by atoms with Crippen LogP contribution in [-0.2, 0) is 4.79 Å². The summed E-state index contributed by atoms with van der Waals surface area (Å²) in [7, 11) is 0. The summed E-state index contributed by atoms with van der Waals surface area (Å²) in [6, 6.07) is 0.351. The summed E-state index contributed by atoms with van der Waals surface area (Å²) in [5.41, 5.74) is 0. The maximum atomic E-state index is 10.2. The van der Waals surface area contributed by atoms with Crippen molar-refractivity contribution in [1.29, 1.82) is 0 Å². The van der Waals surface area contributed by atoms with Crippen molar-refractivity contribution in [2.24, 2.45) is 5.92 Å². The number of carboxylic acids is 1. The predicted molar refractivity (Wildman–Crippen MR) is 58.1 cm³/mol. The Balaban J connectivity index is 3.45. The van der Waals surface area contributed by atoms with Crippen molar-refractivity contribution in [3.63, 3.8) is 0 Å². The smallest absolute Gasteiger partial charge is 0.329 e. The lowest BCUT2D eigenvalue weighted by Crippen LogP contribution is -2.20. The van der Waals surface area contributed by atoms with E-state index >= 15 is 0 Å². The molecule has 0 saturated heterocycles. The molecule has 0 aromatic rings. The molecule has 0 aliphatic carbocycles. The average molecular weight is 199 g/mol. The second kappa shape index (κ2) is 7.42. The number of hydrogen-bond acceptors (Lipinski definition) is 2. The Morgan fingerprint density at radius 3 is 2.50 bits per heavy atom. The largest absolute Gasteiger partial charge is 0.478 e. The van der Waals surface area contributed by atoms with Crippen molar-refractivity contribution in [1.82, 2.24) is 5.32 Å². The van der Waals surface area contributed by atoms with Crippen molar-refractivity contribution in [2.45, 2.75) is 46.1 Å². The minimum atomic E-state index is -0.910. The van der Waals surface area contributed by atoms with Crippen LogP contribution in [0.1, 0.15) is 40.0 Å². The summed E-state index contributed by atoms with van der Waals surface area (Å²) < 4.78 is 0. The standard InChI is InChI=1S/C11H21NO2/c1-9(2)5-4-6-10(3)12-8-7-11(13)14/h7-10,12H,4-6H2,1-3H3,(H,13,14)/b8-7+. The van der Waals surface area contributed by atoms with Crippen LogP contribution in [0.25, 0.3) is 0 Å². The molecule has 2 N–H and O–H groups in total. The van der Waals surface area contributed by atoms with Crippen LogP contribution < -0.4 is 5.32 Å². The first-order valence-electron chi connectivity index (χ1n) is 5.18. The molecular formula is C11H21NO2. The molecule has 3 nitrogen and oxygen atoms in total. The summed E-state index contributed by atoms with van der Waals surface area (Å²) in [6.07, 6.45) is 6.13. The summed E-state index contributed by atoms with van der Waals surface area (Å²) in [5.74, 6) is -0.163. The highest BCUT2D eigenvalue weighted by atomic mass is 16.4. The van der Waals surface area contributed by atoms with Crippen LogP contribution in [0.15, 0.2) is 12.3 Å². The van der Waals surface area contributed by atoms with E-state index in [0.717, 1.165) is 18.4 Å². The third-order valence-corrected chi connectivity index (χ3v) is 2.03. The molecule has 0 aliphatic heterocycles. The molecule has 3 heteroatoms. The van der Waals surface area contributed by atoms with Gasteiger partial charge in [0.15, 0.2) is 0 Å². The first kappa shape index (κ1) is 13.0. The van der Waals surface area contributed by atoms with E-state index in [1.165, 1.54) is 19.0 Å². The molecule has 82 valence electrons. The quantitative estimate of drug-likeness (QED) is 0.619. The second-order valence-corrected chi connectivity index (χ2v) is 4.06. The van der Waals surface area contributed by atoms with E-state index in [1.54, 1.807) is 0 Å². The first-order chi connectivity index (χ1) is 6.52. The second-order valence-electron chi connectivity index (χ2n) is 4.06. The van der Waals surface area contributed by atoms with Crippen molar-refractivity contribution in [3.05, 3.63) is 12.3 Å². The zero-order chi connectivity index (χ0) is 11.0. The molecule has 14 heavy (non-hydrogen) atoms. The van der Waals surface area contributed by atoms with Gasteiger partial charge in [-0.05, 0) is 19.3 Å². The molecule has 0 rings (SSSR count). The third kappa shape index (κ3) is 9.10. The number of aliphatic carboxylic acids is 1. The molecule has 0 bridgehead atoms. The number of rotatable bonds is 7. The van der Waals surface area contributed by atoms with Crippen LogP contribution >= 0.6 is 0 Å². The molecule has 0 fully saturated rings. The van der Waals surface area contributed by atoms with Gasteiger partial charge in [-0.3, -0.25) is 0 Å². The average Bonchev–Trinajstić information content (AvgIpc) is 2.02. The molecule has 0 aliphatic rings. The minimum Gasteiger partial charge on any atom is -0.478 e. The summed E-state index contributed by atoms with van der Waals surface area (Å²) in [5, 5.41) is 11.4. The van der Waals surface area contributed by atoms with E-state index in [1.807, 2.05) is 0 Å².